The van der Waals surface area contributed by atoms with Crippen molar-refractivity contribution in [1.29, 1.82) is 0 Å². The molecule has 26 heavy (non-hydrogen) atoms. The molecule has 1 fully saturated rings. The molecular formula is C19H24N2O5. The maximum Gasteiger partial charge on any atom is 0.354 e. The third-order valence-corrected chi connectivity index (χ3v) is 4.24. The number of esters is 2. The fourth-order valence-electron chi connectivity index (χ4n) is 2.84. The van der Waals surface area contributed by atoms with Crippen molar-refractivity contribution >= 4 is 29.1 Å². The van der Waals surface area contributed by atoms with Crippen LogP contribution < -0.4 is 10.2 Å². The van der Waals surface area contributed by atoms with Gasteiger partial charge >= 0.3 is 11.9 Å². The topological polar surface area (TPSA) is 84.9 Å². The molecule has 0 saturated carbocycles. The van der Waals surface area contributed by atoms with Gasteiger partial charge in [0, 0.05) is 18.7 Å². The van der Waals surface area contributed by atoms with Gasteiger partial charge in [0.1, 0.15) is 5.70 Å². The Bertz CT molecular complexity index is 721. The summed E-state index contributed by atoms with van der Waals surface area (Å²) in [5, 5.41) is 2.95. The number of ketones is 1. The van der Waals surface area contributed by atoms with E-state index in [9.17, 15) is 14.4 Å². The second kappa shape index (κ2) is 9.03. The SMILES string of the molecule is COC(=O)/C=C(/Nc1cc(C(C)=O)ccc1N1CCCCC1)C(=O)OC. The molecule has 1 aliphatic rings. The molecule has 0 aliphatic carbocycles. The Balaban J connectivity index is 2.43. The number of carbonyl (C=O) groups excluding carboxylic acids is 3. The number of methoxy groups -OCH3 is 2. The Morgan fingerprint density at radius 2 is 1.77 bits per heavy atom. The Kier molecular flexibility index (Phi) is 6.77. The molecule has 1 aromatic rings. The quantitative estimate of drug-likeness (QED) is 0.474. The molecular weight excluding hydrogens is 336 g/mol. The molecule has 7 heteroatoms. The number of ether oxygens (including phenoxy) is 2. The van der Waals surface area contributed by atoms with Gasteiger partial charge in [-0.05, 0) is 44.4 Å². The van der Waals surface area contributed by atoms with E-state index in [-0.39, 0.29) is 11.5 Å². The molecule has 1 aromatic carbocycles. The average Bonchev–Trinajstić information content (AvgIpc) is 2.67. The van der Waals surface area contributed by atoms with Crippen molar-refractivity contribution in [3.8, 4) is 0 Å². The third kappa shape index (κ3) is 4.84. The Morgan fingerprint density at radius 1 is 1.08 bits per heavy atom. The number of carbonyl (C=O) groups is 3. The summed E-state index contributed by atoms with van der Waals surface area (Å²) in [6.07, 6.45) is 4.37. The number of rotatable bonds is 6. The highest BCUT2D eigenvalue weighted by atomic mass is 16.5. The number of hydrogen-bond donors (Lipinski definition) is 1. The zero-order valence-electron chi connectivity index (χ0n) is 15.3. The van der Waals surface area contributed by atoms with E-state index in [1.165, 1.54) is 27.6 Å². The number of piperidine rings is 1. The van der Waals surface area contributed by atoms with E-state index in [0.29, 0.717) is 11.3 Å². The van der Waals surface area contributed by atoms with Crippen molar-refractivity contribution < 1.29 is 23.9 Å². The van der Waals surface area contributed by atoms with Gasteiger partial charge in [0.15, 0.2) is 5.78 Å². The van der Waals surface area contributed by atoms with Crippen LogP contribution in [0.3, 0.4) is 0 Å². The molecule has 0 radical (unpaired) electrons. The van der Waals surface area contributed by atoms with Crippen molar-refractivity contribution in [3.63, 3.8) is 0 Å². The van der Waals surface area contributed by atoms with Crippen LogP contribution in [0, 0.1) is 0 Å². The van der Waals surface area contributed by atoms with Crippen LogP contribution in [0.25, 0.3) is 0 Å². The number of anilines is 2. The molecule has 1 heterocycles. The molecule has 2 rings (SSSR count). The van der Waals surface area contributed by atoms with Gasteiger partial charge < -0.3 is 19.7 Å². The normalized spacial score (nSPS) is 14.6. The lowest BCUT2D eigenvalue weighted by atomic mass is 10.1. The fraction of sp³-hybridized carbons (Fsp3) is 0.421. The van der Waals surface area contributed by atoms with Gasteiger partial charge in [-0.2, -0.15) is 0 Å². The van der Waals surface area contributed by atoms with Crippen LogP contribution in [0.1, 0.15) is 36.5 Å². The average molecular weight is 360 g/mol. The van der Waals surface area contributed by atoms with Crippen molar-refractivity contribution in [2.45, 2.75) is 26.2 Å². The molecule has 0 amide bonds. The predicted molar refractivity (Wildman–Crippen MR) is 98.2 cm³/mol. The maximum atomic E-state index is 12.0. The van der Waals surface area contributed by atoms with Crippen LogP contribution in [-0.2, 0) is 19.1 Å². The predicted octanol–water partition coefficient (Wildman–Crippen LogP) is 2.52. The molecule has 1 saturated heterocycles. The number of nitrogens with zero attached hydrogens (tertiary/aromatic N) is 1. The lowest BCUT2D eigenvalue weighted by Gasteiger charge is -2.31. The van der Waals surface area contributed by atoms with Gasteiger partial charge in [-0.25, -0.2) is 9.59 Å². The minimum absolute atomic E-state index is 0.0571. The van der Waals surface area contributed by atoms with Crippen LogP contribution in [0.2, 0.25) is 0 Å². The minimum atomic E-state index is -0.701. The first kappa shape index (κ1) is 19.5. The lowest BCUT2D eigenvalue weighted by Crippen LogP contribution is -2.30. The largest absolute Gasteiger partial charge is 0.466 e. The maximum absolute atomic E-state index is 12.0. The first-order valence-corrected chi connectivity index (χ1v) is 8.51. The van der Waals surface area contributed by atoms with Crippen LogP contribution in [0.4, 0.5) is 11.4 Å². The summed E-state index contributed by atoms with van der Waals surface area (Å²) in [6, 6.07) is 5.30. The molecule has 0 atom stereocenters. The van der Waals surface area contributed by atoms with E-state index in [1.54, 1.807) is 12.1 Å². The summed E-state index contributed by atoms with van der Waals surface area (Å²) in [5.41, 5.74) is 1.89. The van der Waals surface area contributed by atoms with Gasteiger partial charge in [-0.1, -0.05) is 0 Å². The van der Waals surface area contributed by atoms with E-state index in [1.807, 2.05) is 6.07 Å². The fourth-order valence-corrected chi connectivity index (χ4v) is 2.84. The van der Waals surface area contributed by atoms with Gasteiger partial charge in [-0.3, -0.25) is 4.79 Å². The van der Waals surface area contributed by atoms with Crippen molar-refractivity contribution in [3.05, 3.63) is 35.5 Å². The first-order valence-electron chi connectivity index (χ1n) is 8.51. The Labute approximate surface area is 153 Å². The van der Waals surface area contributed by atoms with Crippen molar-refractivity contribution in [1.82, 2.24) is 0 Å². The van der Waals surface area contributed by atoms with Gasteiger partial charge in [0.25, 0.3) is 0 Å². The summed E-state index contributed by atoms with van der Waals surface area (Å²) in [7, 11) is 2.45. The molecule has 1 aliphatic heterocycles. The zero-order valence-corrected chi connectivity index (χ0v) is 15.3. The Morgan fingerprint density at radius 3 is 2.35 bits per heavy atom. The van der Waals surface area contributed by atoms with E-state index in [4.69, 9.17) is 4.74 Å². The van der Waals surface area contributed by atoms with E-state index >= 15 is 0 Å². The molecule has 140 valence electrons. The third-order valence-electron chi connectivity index (χ3n) is 4.24. The van der Waals surface area contributed by atoms with Gasteiger partial charge in [0.05, 0.1) is 31.7 Å². The number of Topliss-reactive ketones (excluding diaryl/α,β-unsaturated/α-hetero) is 1. The van der Waals surface area contributed by atoms with Crippen LogP contribution in [-0.4, -0.2) is 45.0 Å². The number of hydrogen-bond acceptors (Lipinski definition) is 7. The minimum Gasteiger partial charge on any atom is -0.466 e. The highest BCUT2D eigenvalue weighted by Crippen LogP contribution is 2.31. The molecule has 0 spiro atoms. The van der Waals surface area contributed by atoms with Crippen LogP contribution in [0.15, 0.2) is 30.0 Å². The summed E-state index contributed by atoms with van der Waals surface area (Å²) in [6.45, 7) is 3.26. The van der Waals surface area contributed by atoms with Crippen LogP contribution >= 0.6 is 0 Å². The number of nitrogens with one attached hydrogen (secondary N) is 1. The molecule has 1 N–H and O–H groups in total. The van der Waals surface area contributed by atoms with E-state index in [0.717, 1.165) is 37.7 Å². The standard InChI is InChI=1S/C19H24N2O5/c1-13(22)14-7-8-17(21-9-5-4-6-10-21)15(11-14)20-16(19(24)26-3)12-18(23)25-2/h7-8,11-12,20H,4-6,9-10H2,1-3H3/b16-12+. The highest BCUT2D eigenvalue weighted by Gasteiger charge is 2.19. The van der Waals surface area contributed by atoms with Gasteiger partial charge in [-0.15, -0.1) is 0 Å². The molecule has 7 nitrogen and oxygen atoms in total. The second-order valence-corrected chi connectivity index (χ2v) is 6.03. The highest BCUT2D eigenvalue weighted by molar-refractivity contribution is 6.01. The first-order chi connectivity index (χ1) is 12.5. The second-order valence-electron chi connectivity index (χ2n) is 6.03. The number of benzene rings is 1. The Hall–Kier alpha value is -2.83. The summed E-state index contributed by atoms with van der Waals surface area (Å²) < 4.78 is 9.33. The van der Waals surface area contributed by atoms with Gasteiger partial charge in [0.2, 0.25) is 0 Å². The molecule has 0 bridgehead atoms. The van der Waals surface area contributed by atoms with Crippen molar-refractivity contribution in [2.24, 2.45) is 0 Å². The lowest BCUT2D eigenvalue weighted by molar-refractivity contribution is -0.138. The zero-order chi connectivity index (χ0) is 19.1. The molecule has 0 unspecified atom stereocenters. The van der Waals surface area contributed by atoms with E-state index in [2.05, 4.69) is 15.0 Å². The van der Waals surface area contributed by atoms with Crippen LogP contribution in [0.5, 0.6) is 0 Å². The summed E-state index contributed by atoms with van der Waals surface area (Å²) in [5.74, 6) is -1.47. The summed E-state index contributed by atoms with van der Waals surface area (Å²) in [4.78, 5) is 37.6. The monoisotopic (exact) mass is 360 g/mol. The molecule has 0 aromatic heterocycles. The summed E-state index contributed by atoms with van der Waals surface area (Å²) >= 11 is 0. The van der Waals surface area contributed by atoms with Crippen molar-refractivity contribution in [2.75, 3.05) is 37.5 Å². The van der Waals surface area contributed by atoms with E-state index < -0.39 is 11.9 Å². The smallest absolute Gasteiger partial charge is 0.354 e.